The summed E-state index contributed by atoms with van der Waals surface area (Å²) in [5.41, 5.74) is 3.99. The van der Waals surface area contributed by atoms with E-state index in [1.54, 1.807) is 6.07 Å². The minimum Gasteiger partial charge on any atom is -0.507 e. The molecule has 0 saturated carbocycles. The number of para-hydroxylation sites is 1. The number of benzene rings is 3. The van der Waals surface area contributed by atoms with Crippen LogP contribution in [0.2, 0.25) is 5.02 Å². The van der Waals surface area contributed by atoms with Crippen molar-refractivity contribution < 1.29 is 5.11 Å². The van der Waals surface area contributed by atoms with Crippen LogP contribution in [-0.2, 0) is 0 Å². The van der Waals surface area contributed by atoms with Crippen molar-refractivity contribution in [2.45, 2.75) is 0 Å². The van der Waals surface area contributed by atoms with Gasteiger partial charge < -0.3 is 5.11 Å². The minimum atomic E-state index is 0.286. The Kier molecular flexibility index (Phi) is 3.44. The number of hydrogen-bond donors (Lipinski definition) is 1. The van der Waals surface area contributed by atoms with Crippen molar-refractivity contribution in [2.24, 2.45) is 0 Å². The van der Waals surface area contributed by atoms with Crippen LogP contribution in [0.5, 0.6) is 5.75 Å². The summed E-state index contributed by atoms with van der Waals surface area (Å²) in [7, 11) is 0. The van der Waals surface area contributed by atoms with Gasteiger partial charge >= 0.3 is 0 Å². The Balaban J connectivity index is 2.19. The van der Waals surface area contributed by atoms with Gasteiger partial charge in [-0.25, -0.2) is 0 Å². The second kappa shape index (κ2) is 5.40. The molecule has 98 valence electrons. The molecule has 0 aliphatic heterocycles. The van der Waals surface area contributed by atoms with Crippen LogP contribution in [0.25, 0.3) is 22.3 Å². The zero-order chi connectivity index (χ0) is 13.9. The molecule has 0 aliphatic rings. The van der Waals surface area contributed by atoms with Gasteiger partial charge in [0.1, 0.15) is 5.75 Å². The third kappa shape index (κ3) is 2.40. The molecule has 3 aromatic rings. The quantitative estimate of drug-likeness (QED) is 0.668. The summed E-state index contributed by atoms with van der Waals surface area (Å²) in [6.07, 6.45) is 0. The predicted octanol–water partition coefficient (Wildman–Crippen LogP) is 5.38. The van der Waals surface area contributed by atoms with E-state index >= 15 is 0 Å². The van der Waals surface area contributed by atoms with E-state index in [1.165, 1.54) is 0 Å². The van der Waals surface area contributed by atoms with Crippen molar-refractivity contribution in [3.05, 3.63) is 77.8 Å². The predicted molar refractivity (Wildman–Crippen MR) is 84.0 cm³/mol. The molecule has 0 aliphatic carbocycles. The Bertz CT molecular complexity index is 732. The molecule has 1 N–H and O–H groups in total. The maximum atomic E-state index is 10.1. The normalized spacial score (nSPS) is 10.4. The summed E-state index contributed by atoms with van der Waals surface area (Å²) in [6, 6.07) is 23.1. The fourth-order valence-corrected chi connectivity index (χ4v) is 2.43. The number of aromatic hydroxyl groups is 1. The molecule has 2 heteroatoms. The summed E-state index contributed by atoms with van der Waals surface area (Å²) in [5, 5.41) is 10.8. The zero-order valence-corrected chi connectivity index (χ0v) is 11.5. The SMILES string of the molecule is Oc1ccccc1-c1ccccc1-c1ccc(Cl)cc1. The highest BCUT2D eigenvalue weighted by molar-refractivity contribution is 6.30. The van der Waals surface area contributed by atoms with Gasteiger partial charge in [0.15, 0.2) is 0 Å². The highest BCUT2D eigenvalue weighted by Gasteiger charge is 2.09. The van der Waals surface area contributed by atoms with Crippen molar-refractivity contribution in [1.29, 1.82) is 0 Å². The smallest absolute Gasteiger partial charge is 0.123 e. The molecule has 0 amide bonds. The number of phenols is 1. The molecule has 0 spiro atoms. The van der Waals surface area contributed by atoms with Crippen LogP contribution in [0.3, 0.4) is 0 Å². The van der Waals surface area contributed by atoms with E-state index in [0.717, 1.165) is 22.3 Å². The average molecular weight is 281 g/mol. The Morgan fingerprint density at radius 1 is 0.600 bits per heavy atom. The van der Waals surface area contributed by atoms with E-state index in [9.17, 15) is 5.11 Å². The Hall–Kier alpha value is -2.25. The molecule has 3 aromatic carbocycles. The maximum Gasteiger partial charge on any atom is 0.123 e. The van der Waals surface area contributed by atoms with Crippen molar-refractivity contribution in [1.82, 2.24) is 0 Å². The second-order valence-corrected chi connectivity index (χ2v) is 5.01. The van der Waals surface area contributed by atoms with E-state index in [1.807, 2.05) is 66.7 Å². The first-order chi connectivity index (χ1) is 9.75. The van der Waals surface area contributed by atoms with Crippen LogP contribution in [0.4, 0.5) is 0 Å². The number of halogens is 1. The topological polar surface area (TPSA) is 20.2 Å². The van der Waals surface area contributed by atoms with Crippen LogP contribution < -0.4 is 0 Å². The molecule has 0 unspecified atom stereocenters. The molecule has 0 bridgehead atoms. The fraction of sp³-hybridized carbons (Fsp3) is 0. The second-order valence-electron chi connectivity index (χ2n) is 4.57. The summed E-state index contributed by atoms with van der Waals surface area (Å²) in [4.78, 5) is 0. The van der Waals surface area contributed by atoms with Crippen LogP contribution in [0.1, 0.15) is 0 Å². The first-order valence-electron chi connectivity index (χ1n) is 6.39. The van der Waals surface area contributed by atoms with Crippen LogP contribution in [0, 0.1) is 0 Å². The fourth-order valence-electron chi connectivity index (χ4n) is 2.30. The average Bonchev–Trinajstić information content (AvgIpc) is 2.49. The van der Waals surface area contributed by atoms with Crippen LogP contribution in [-0.4, -0.2) is 5.11 Å². The highest BCUT2D eigenvalue weighted by atomic mass is 35.5. The van der Waals surface area contributed by atoms with Gasteiger partial charge in [0.05, 0.1) is 0 Å². The molecule has 1 nitrogen and oxygen atoms in total. The van der Waals surface area contributed by atoms with E-state index in [-0.39, 0.29) is 5.75 Å². The van der Waals surface area contributed by atoms with Crippen LogP contribution >= 0.6 is 11.6 Å². The molecule has 0 saturated heterocycles. The van der Waals surface area contributed by atoms with Crippen molar-refractivity contribution in [3.8, 4) is 28.0 Å². The molecular weight excluding hydrogens is 268 g/mol. The third-order valence-electron chi connectivity index (χ3n) is 3.28. The zero-order valence-electron chi connectivity index (χ0n) is 10.8. The first-order valence-corrected chi connectivity index (χ1v) is 6.77. The molecule has 0 fully saturated rings. The van der Waals surface area contributed by atoms with Gasteiger partial charge in [-0.15, -0.1) is 0 Å². The third-order valence-corrected chi connectivity index (χ3v) is 3.53. The number of rotatable bonds is 2. The molecule has 20 heavy (non-hydrogen) atoms. The monoisotopic (exact) mass is 280 g/mol. The lowest BCUT2D eigenvalue weighted by atomic mass is 9.94. The van der Waals surface area contributed by atoms with Gasteiger partial charge in [0.25, 0.3) is 0 Å². The lowest BCUT2D eigenvalue weighted by Gasteiger charge is -2.11. The largest absolute Gasteiger partial charge is 0.507 e. The van der Waals surface area contributed by atoms with Crippen molar-refractivity contribution in [2.75, 3.05) is 0 Å². The van der Waals surface area contributed by atoms with E-state index < -0.39 is 0 Å². The lowest BCUT2D eigenvalue weighted by molar-refractivity contribution is 0.477. The molecule has 0 heterocycles. The Morgan fingerprint density at radius 2 is 1.15 bits per heavy atom. The Labute approximate surface area is 123 Å². The van der Waals surface area contributed by atoms with Crippen LogP contribution in [0.15, 0.2) is 72.8 Å². The summed E-state index contributed by atoms with van der Waals surface area (Å²) in [5.74, 6) is 0.286. The van der Waals surface area contributed by atoms with Gasteiger partial charge in [0, 0.05) is 10.6 Å². The molecule has 0 radical (unpaired) electrons. The summed E-state index contributed by atoms with van der Waals surface area (Å²) < 4.78 is 0. The minimum absolute atomic E-state index is 0.286. The Morgan fingerprint density at radius 3 is 1.80 bits per heavy atom. The van der Waals surface area contributed by atoms with Gasteiger partial charge in [0.2, 0.25) is 0 Å². The summed E-state index contributed by atoms with van der Waals surface area (Å²) >= 11 is 5.94. The standard InChI is InChI=1S/C18H13ClO/c19-14-11-9-13(10-12-14)15-5-1-2-6-16(15)17-7-3-4-8-18(17)20/h1-12,20H. The van der Waals surface area contributed by atoms with Gasteiger partial charge in [-0.2, -0.15) is 0 Å². The summed E-state index contributed by atoms with van der Waals surface area (Å²) in [6.45, 7) is 0. The lowest BCUT2D eigenvalue weighted by Crippen LogP contribution is -1.85. The van der Waals surface area contributed by atoms with Gasteiger partial charge in [-0.3, -0.25) is 0 Å². The van der Waals surface area contributed by atoms with Crippen molar-refractivity contribution in [3.63, 3.8) is 0 Å². The number of hydrogen-bond acceptors (Lipinski definition) is 1. The highest BCUT2D eigenvalue weighted by Crippen LogP contribution is 2.36. The maximum absolute atomic E-state index is 10.1. The number of phenolic OH excluding ortho intramolecular Hbond substituents is 1. The van der Waals surface area contributed by atoms with E-state index in [0.29, 0.717) is 5.02 Å². The van der Waals surface area contributed by atoms with Crippen molar-refractivity contribution >= 4 is 11.6 Å². The van der Waals surface area contributed by atoms with E-state index in [2.05, 4.69) is 0 Å². The molecule has 0 atom stereocenters. The van der Waals surface area contributed by atoms with Gasteiger partial charge in [-0.1, -0.05) is 66.2 Å². The molecular formula is C18H13ClO. The van der Waals surface area contributed by atoms with Gasteiger partial charge in [-0.05, 0) is 34.9 Å². The molecule has 3 rings (SSSR count). The molecule has 0 aromatic heterocycles. The van der Waals surface area contributed by atoms with E-state index in [4.69, 9.17) is 11.6 Å². The first kappa shape index (κ1) is 12.8.